The average Bonchev–Trinajstić information content (AvgIpc) is 2.44. The molecule has 2 rings (SSSR count). The molecule has 0 amide bonds. The SMILES string of the molecule is Cc1cc(C(C)(C)C)c2c(C)noc2c1. The highest BCUT2D eigenvalue weighted by Gasteiger charge is 2.20. The van der Waals surface area contributed by atoms with Crippen LogP contribution in [-0.4, -0.2) is 5.16 Å². The highest BCUT2D eigenvalue weighted by Crippen LogP contribution is 2.32. The van der Waals surface area contributed by atoms with Crippen LogP contribution in [0.15, 0.2) is 16.7 Å². The quantitative estimate of drug-likeness (QED) is 0.651. The molecule has 0 radical (unpaired) electrons. The molecule has 1 aromatic heterocycles. The summed E-state index contributed by atoms with van der Waals surface area (Å²) in [5.74, 6) is 0. The van der Waals surface area contributed by atoms with Crippen LogP contribution in [0.5, 0.6) is 0 Å². The van der Waals surface area contributed by atoms with Crippen molar-refractivity contribution >= 4 is 11.0 Å². The Morgan fingerprint density at radius 2 is 1.80 bits per heavy atom. The van der Waals surface area contributed by atoms with E-state index in [9.17, 15) is 0 Å². The first-order valence-electron chi connectivity index (χ1n) is 5.27. The van der Waals surface area contributed by atoms with E-state index in [1.807, 2.05) is 13.0 Å². The minimum absolute atomic E-state index is 0.126. The van der Waals surface area contributed by atoms with E-state index in [0.717, 1.165) is 11.3 Å². The minimum atomic E-state index is 0.126. The molecular formula is C13H17NO. The number of benzene rings is 1. The molecule has 1 heterocycles. The lowest BCUT2D eigenvalue weighted by atomic mass is 9.83. The fraction of sp³-hybridized carbons (Fsp3) is 0.462. The van der Waals surface area contributed by atoms with E-state index in [1.54, 1.807) is 0 Å². The van der Waals surface area contributed by atoms with Gasteiger partial charge in [-0.25, -0.2) is 0 Å². The van der Waals surface area contributed by atoms with Gasteiger partial charge in [0.25, 0.3) is 0 Å². The Kier molecular flexibility index (Phi) is 2.10. The van der Waals surface area contributed by atoms with Crippen molar-refractivity contribution in [3.8, 4) is 0 Å². The molecule has 2 aromatic rings. The number of hydrogen-bond donors (Lipinski definition) is 0. The maximum atomic E-state index is 5.32. The van der Waals surface area contributed by atoms with Crippen molar-refractivity contribution in [2.24, 2.45) is 0 Å². The van der Waals surface area contributed by atoms with Gasteiger partial charge in [-0.1, -0.05) is 32.0 Å². The third-order valence-corrected chi connectivity index (χ3v) is 2.70. The second-order valence-corrected chi connectivity index (χ2v) is 5.20. The predicted molar refractivity (Wildman–Crippen MR) is 62.2 cm³/mol. The van der Waals surface area contributed by atoms with E-state index >= 15 is 0 Å². The number of fused-ring (bicyclic) bond motifs is 1. The lowest BCUT2D eigenvalue weighted by molar-refractivity contribution is 0.450. The van der Waals surface area contributed by atoms with Gasteiger partial charge in [0.15, 0.2) is 5.58 Å². The Morgan fingerprint density at radius 1 is 1.13 bits per heavy atom. The van der Waals surface area contributed by atoms with Crippen molar-refractivity contribution in [2.45, 2.75) is 40.0 Å². The molecule has 0 N–H and O–H groups in total. The summed E-state index contributed by atoms with van der Waals surface area (Å²) in [5.41, 5.74) is 4.55. The van der Waals surface area contributed by atoms with Crippen molar-refractivity contribution < 1.29 is 4.52 Å². The lowest BCUT2D eigenvalue weighted by Crippen LogP contribution is -2.12. The van der Waals surface area contributed by atoms with Crippen molar-refractivity contribution in [3.05, 3.63) is 29.0 Å². The first kappa shape index (κ1) is 10.2. The zero-order valence-corrected chi connectivity index (χ0v) is 10.0. The molecule has 1 aromatic carbocycles. The van der Waals surface area contributed by atoms with E-state index in [4.69, 9.17) is 4.52 Å². The van der Waals surface area contributed by atoms with Crippen molar-refractivity contribution in [2.75, 3.05) is 0 Å². The zero-order valence-electron chi connectivity index (χ0n) is 10.0. The van der Waals surface area contributed by atoms with E-state index < -0.39 is 0 Å². The van der Waals surface area contributed by atoms with Crippen LogP contribution >= 0.6 is 0 Å². The fourth-order valence-electron chi connectivity index (χ4n) is 1.95. The summed E-state index contributed by atoms with van der Waals surface area (Å²) < 4.78 is 5.32. The van der Waals surface area contributed by atoms with Gasteiger partial charge in [0.2, 0.25) is 0 Å². The normalized spacial score (nSPS) is 12.3. The first-order valence-corrected chi connectivity index (χ1v) is 5.27. The summed E-state index contributed by atoms with van der Waals surface area (Å²) in [5, 5.41) is 5.21. The third kappa shape index (κ3) is 1.65. The van der Waals surface area contributed by atoms with Gasteiger partial charge >= 0.3 is 0 Å². The molecule has 0 aliphatic carbocycles. The summed E-state index contributed by atoms with van der Waals surface area (Å²) in [7, 11) is 0. The number of hydrogen-bond acceptors (Lipinski definition) is 2. The molecule has 0 atom stereocenters. The van der Waals surface area contributed by atoms with Crippen molar-refractivity contribution in [1.82, 2.24) is 5.16 Å². The van der Waals surface area contributed by atoms with Gasteiger partial charge < -0.3 is 4.52 Å². The maximum Gasteiger partial charge on any atom is 0.167 e. The van der Waals surface area contributed by atoms with Crippen molar-refractivity contribution in [3.63, 3.8) is 0 Å². The molecule has 0 saturated carbocycles. The minimum Gasteiger partial charge on any atom is -0.356 e. The number of rotatable bonds is 0. The van der Waals surface area contributed by atoms with Crippen LogP contribution < -0.4 is 0 Å². The van der Waals surface area contributed by atoms with Gasteiger partial charge in [-0.05, 0) is 36.5 Å². The van der Waals surface area contributed by atoms with Crippen LogP contribution in [-0.2, 0) is 5.41 Å². The molecule has 0 bridgehead atoms. The Bertz CT molecular complexity index is 503. The van der Waals surface area contributed by atoms with Crippen LogP contribution in [0.2, 0.25) is 0 Å². The fourth-order valence-corrected chi connectivity index (χ4v) is 1.95. The Labute approximate surface area is 90.3 Å². The summed E-state index contributed by atoms with van der Waals surface area (Å²) >= 11 is 0. The molecule has 0 fully saturated rings. The number of aryl methyl sites for hydroxylation is 2. The molecule has 0 aliphatic rings. The smallest absolute Gasteiger partial charge is 0.167 e. The summed E-state index contributed by atoms with van der Waals surface area (Å²) in [6, 6.07) is 4.27. The summed E-state index contributed by atoms with van der Waals surface area (Å²) in [6.07, 6.45) is 0. The van der Waals surface area contributed by atoms with Gasteiger partial charge in [0.1, 0.15) is 0 Å². The molecule has 0 aliphatic heterocycles. The van der Waals surface area contributed by atoms with Crippen LogP contribution in [0.4, 0.5) is 0 Å². The molecular weight excluding hydrogens is 186 g/mol. The van der Waals surface area contributed by atoms with Crippen molar-refractivity contribution in [1.29, 1.82) is 0 Å². The molecule has 2 nitrogen and oxygen atoms in total. The Hall–Kier alpha value is -1.31. The largest absolute Gasteiger partial charge is 0.356 e. The third-order valence-electron chi connectivity index (χ3n) is 2.70. The van der Waals surface area contributed by atoms with E-state index in [0.29, 0.717) is 0 Å². The molecule has 15 heavy (non-hydrogen) atoms. The van der Waals surface area contributed by atoms with Gasteiger partial charge in [-0.15, -0.1) is 0 Å². The van der Waals surface area contributed by atoms with Crippen LogP contribution in [0, 0.1) is 13.8 Å². The topological polar surface area (TPSA) is 26.0 Å². The summed E-state index contributed by atoms with van der Waals surface area (Å²) in [6.45, 7) is 10.7. The zero-order chi connectivity index (χ0) is 11.2. The molecule has 80 valence electrons. The standard InChI is InChI=1S/C13H17NO/c1-8-6-10(13(3,4)5)12-9(2)14-15-11(12)7-8/h6-7H,1-5H3. The Balaban J connectivity index is 2.87. The van der Waals surface area contributed by atoms with E-state index in [1.165, 1.54) is 16.5 Å². The van der Waals surface area contributed by atoms with Gasteiger partial charge in [-0.2, -0.15) is 0 Å². The average molecular weight is 203 g/mol. The monoisotopic (exact) mass is 203 g/mol. The van der Waals surface area contributed by atoms with E-state index in [2.05, 4.69) is 38.9 Å². The molecule has 0 spiro atoms. The van der Waals surface area contributed by atoms with Gasteiger partial charge in [0, 0.05) is 5.39 Å². The second kappa shape index (κ2) is 3.09. The van der Waals surface area contributed by atoms with Crippen LogP contribution in [0.25, 0.3) is 11.0 Å². The number of nitrogens with zero attached hydrogens (tertiary/aromatic N) is 1. The second-order valence-electron chi connectivity index (χ2n) is 5.20. The Morgan fingerprint density at radius 3 is 2.40 bits per heavy atom. The summed E-state index contributed by atoms with van der Waals surface area (Å²) in [4.78, 5) is 0. The predicted octanol–water partition coefficient (Wildman–Crippen LogP) is 3.74. The first-order chi connectivity index (χ1) is 6.89. The number of aromatic nitrogens is 1. The van der Waals surface area contributed by atoms with Crippen LogP contribution in [0.1, 0.15) is 37.6 Å². The highest BCUT2D eigenvalue weighted by molar-refractivity contribution is 5.84. The molecule has 0 saturated heterocycles. The van der Waals surface area contributed by atoms with Crippen LogP contribution in [0.3, 0.4) is 0 Å². The van der Waals surface area contributed by atoms with E-state index in [-0.39, 0.29) is 5.41 Å². The van der Waals surface area contributed by atoms with Gasteiger partial charge in [-0.3, -0.25) is 0 Å². The highest BCUT2D eigenvalue weighted by atomic mass is 16.5. The van der Waals surface area contributed by atoms with Gasteiger partial charge in [0.05, 0.1) is 5.69 Å². The molecule has 2 heteroatoms. The maximum absolute atomic E-state index is 5.32. The lowest BCUT2D eigenvalue weighted by Gasteiger charge is -2.20. The molecule has 0 unspecified atom stereocenters.